The van der Waals surface area contributed by atoms with Crippen LogP contribution < -0.4 is 27.4 Å². The average molecular weight is 620 g/mol. The number of hydrogen-bond acceptors (Lipinski definition) is 5. The molecule has 3 amide bonds. The Labute approximate surface area is 269 Å². The second-order valence-corrected chi connectivity index (χ2v) is 11.5. The van der Waals surface area contributed by atoms with Crippen LogP contribution in [0.25, 0.3) is 10.8 Å². The molecule has 4 aromatic carbocycles. The Morgan fingerprint density at radius 3 is 2.26 bits per heavy atom. The van der Waals surface area contributed by atoms with E-state index < -0.39 is 18.1 Å². The number of carbonyl (C=O) groups excluding carboxylic acids is 3. The molecule has 0 aromatic heterocycles. The summed E-state index contributed by atoms with van der Waals surface area (Å²) in [5.41, 5.74) is 13.5. The van der Waals surface area contributed by atoms with Crippen molar-refractivity contribution in [2.45, 2.75) is 43.9 Å². The largest absolute Gasteiger partial charge is 0.370 e. The van der Waals surface area contributed by atoms with E-state index in [0.717, 1.165) is 16.3 Å². The molecule has 238 valence electrons. The number of nitrogens with one attached hydrogen (secondary N) is 3. The first-order chi connectivity index (χ1) is 22.3. The number of hydrogen-bond donors (Lipinski definition) is 5. The third kappa shape index (κ3) is 8.08. The van der Waals surface area contributed by atoms with Crippen LogP contribution in [0.15, 0.2) is 108 Å². The maximum Gasteiger partial charge on any atom is 0.251 e. The Kier molecular flexibility index (Phi) is 10.6. The fourth-order valence-electron chi connectivity index (χ4n) is 5.86. The van der Waals surface area contributed by atoms with Gasteiger partial charge in [0.1, 0.15) is 6.04 Å². The van der Waals surface area contributed by atoms with E-state index in [0.29, 0.717) is 37.1 Å². The lowest BCUT2D eigenvalue weighted by atomic mass is 10.0. The van der Waals surface area contributed by atoms with Crippen LogP contribution >= 0.6 is 0 Å². The predicted octanol–water partition coefficient (Wildman–Crippen LogP) is 3.35. The van der Waals surface area contributed by atoms with Gasteiger partial charge in [0.2, 0.25) is 5.91 Å². The molecule has 46 heavy (non-hydrogen) atoms. The van der Waals surface area contributed by atoms with Crippen molar-refractivity contribution in [3.63, 3.8) is 0 Å². The first kappa shape index (κ1) is 32.2. The summed E-state index contributed by atoms with van der Waals surface area (Å²) in [7, 11) is 0. The van der Waals surface area contributed by atoms with E-state index in [9.17, 15) is 14.4 Å². The number of benzene rings is 4. The highest BCUT2D eigenvalue weighted by molar-refractivity contribution is 5.98. The van der Waals surface area contributed by atoms with Gasteiger partial charge in [0.15, 0.2) is 5.96 Å². The summed E-state index contributed by atoms with van der Waals surface area (Å²) in [5, 5.41) is 11.7. The van der Waals surface area contributed by atoms with Gasteiger partial charge >= 0.3 is 0 Å². The first-order valence-electron chi connectivity index (χ1n) is 15.6. The summed E-state index contributed by atoms with van der Waals surface area (Å²) in [6, 6.07) is 30.1. The highest BCUT2D eigenvalue weighted by Gasteiger charge is 2.37. The van der Waals surface area contributed by atoms with Gasteiger partial charge in [0.05, 0.1) is 12.1 Å². The maximum absolute atomic E-state index is 14.2. The molecular formula is C36H41N7O3. The van der Waals surface area contributed by atoms with E-state index in [2.05, 4.69) is 20.9 Å². The molecule has 10 nitrogen and oxygen atoms in total. The van der Waals surface area contributed by atoms with E-state index in [1.54, 1.807) is 17.0 Å². The van der Waals surface area contributed by atoms with Crippen LogP contribution in [0.3, 0.4) is 0 Å². The standard InChI is InChI=1S/C36H41N7O3/c1-2-30(42-36(37)38)32-35(46)43(23-31(25-12-5-3-6-13-25)41-34(45)26-14-7-4-8-15-26)20-19-29(40-32)22-39-33(44)28-18-17-24-11-9-10-16-27(24)21-28/h3-18,21,29-32,40H,2,19-20,22-23H2,1H3,(H,39,44)(H,41,45)(H4,37,38,42)/t29-,30?,31+,32-/m0/s1. The third-order valence-corrected chi connectivity index (χ3v) is 8.33. The average Bonchev–Trinajstić information content (AvgIpc) is 3.24. The zero-order chi connectivity index (χ0) is 32.5. The molecule has 5 rings (SSSR count). The SMILES string of the molecule is CCC(N=C(N)N)[C@@H]1N[C@H](CNC(=O)c2ccc3ccccc3c2)CCN(C[C@@H](NC(=O)c2ccccc2)c2ccccc2)C1=O. The first-order valence-corrected chi connectivity index (χ1v) is 15.6. The van der Waals surface area contributed by atoms with Crippen LogP contribution in [-0.4, -0.2) is 66.3 Å². The molecule has 7 N–H and O–H groups in total. The molecule has 1 saturated heterocycles. The number of guanidine groups is 1. The molecule has 0 radical (unpaired) electrons. The molecule has 0 bridgehead atoms. The smallest absolute Gasteiger partial charge is 0.251 e. The highest BCUT2D eigenvalue weighted by atomic mass is 16.2. The number of fused-ring (bicyclic) bond motifs is 1. The van der Waals surface area contributed by atoms with Gasteiger partial charge in [-0.1, -0.05) is 85.8 Å². The third-order valence-electron chi connectivity index (χ3n) is 8.33. The minimum Gasteiger partial charge on any atom is -0.370 e. The fraction of sp³-hybridized carbons (Fsp3) is 0.278. The van der Waals surface area contributed by atoms with Gasteiger partial charge in [-0.3, -0.25) is 19.7 Å². The van der Waals surface area contributed by atoms with Crippen molar-refractivity contribution < 1.29 is 14.4 Å². The van der Waals surface area contributed by atoms with Crippen molar-refractivity contribution in [3.8, 4) is 0 Å². The molecule has 4 aromatic rings. The van der Waals surface area contributed by atoms with E-state index >= 15 is 0 Å². The molecule has 0 aliphatic carbocycles. The summed E-state index contributed by atoms with van der Waals surface area (Å²) in [6.45, 7) is 2.87. The number of carbonyl (C=O) groups is 3. The van der Waals surface area contributed by atoms with Crippen molar-refractivity contribution in [1.29, 1.82) is 0 Å². The number of amides is 3. The van der Waals surface area contributed by atoms with Gasteiger partial charge < -0.3 is 27.0 Å². The van der Waals surface area contributed by atoms with Gasteiger partial charge in [-0.2, -0.15) is 0 Å². The zero-order valence-electron chi connectivity index (χ0n) is 25.9. The van der Waals surface area contributed by atoms with Crippen LogP contribution in [-0.2, 0) is 4.79 Å². The van der Waals surface area contributed by atoms with Crippen LogP contribution in [0.4, 0.5) is 0 Å². The summed E-state index contributed by atoms with van der Waals surface area (Å²) in [5.74, 6) is -0.695. The molecule has 1 fully saturated rings. The van der Waals surface area contributed by atoms with Gasteiger partial charge in [-0.25, -0.2) is 4.99 Å². The Morgan fingerprint density at radius 2 is 1.57 bits per heavy atom. The van der Waals surface area contributed by atoms with Crippen LogP contribution in [0, 0.1) is 0 Å². The molecule has 1 unspecified atom stereocenters. The topological polar surface area (TPSA) is 155 Å². The van der Waals surface area contributed by atoms with Gasteiger partial charge in [-0.15, -0.1) is 0 Å². The summed E-state index contributed by atoms with van der Waals surface area (Å²) in [4.78, 5) is 46.7. The van der Waals surface area contributed by atoms with Crippen molar-refractivity contribution in [3.05, 3.63) is 120 Å². The molecule has 10 heteroatoms. The van der Waals surface area contributed by atoms with Crippen molar-refractivity contribution >= 4 is 34.5 Å². The van der Waals surface area contributed by atoms with E-state index in [1.165, 1.54) is 0 Å². The summed E-state index contributed by atoms with van der Waals surface area (Å²) in [6.07, 6.45) is 1.07. The molecule has 1 aliphatic heterocycles. The molecule has 1 aliphatic rings. The number of aliphatic imine (C=N–C) groups is 1. The number of nitrogens with two attached hydrogens (primary N) is 2. The number of rotatable bonds is 11. The predicted molar refractivity (Wildman–Crippen MR) is 181 cm³/mol. The molecule has 4 atom stereocenters. The van der Waals surface area contributed by atoms with Crippen LogP contribution in [0.5, 0.6) is 0 Å². The molecule has 0 spiro atoms. The van der Waals surface area contributed by atoms with Gasteiger partial charge in [0, 0.05) is 36.8 Å². The minimum atomic E-state index is -0.738. The Hall–Kier alpha value is -5.22. The van der Waals surface area contributed by atoms with Crippen molar-refractivity contribution in [2.75, 3.05) is 19.6 Å². The summed E-state index contributed by atoms with van der Waals surface area (Å²) >= 11 is 0. The van der Waals surface area contributed by atoms with E-state index in [1.807, 2.05) is 97.9 Å². The van der Waals surface area contributed by atoms with Gasteiger partial charge in [-0.05, 0) is 53.4 Å². The monoisotopic (exact) mass is 619 g/mol. The quantitative estimate of drug-likeness (QED) is 0.128. The normalized spacial score (nSPS) is 17.8. The minimum absolute atomic E-state index is 0.101. The van der Waals surface area contributed by atoms with Crippen LogP contribution in [0.2, 0.25) is 0 Å². The Morgan fingerprint density at radius 1 is 0.891 bits per heavy atom. The summed E-state index contributed by atoms with van der Waals surface area (Å²) < 4.78 is 0. The Balaban J connectivity index is 1.36. The van der Waals surface area contributed by atoms with Crippen molar-refractivity contribution in [2.24, 2.45) is 16.5 Å². The van der Waals surface area contributed by atoms with Gasteiger partial charge in [0.25, 0.3) is 11.8 Å². The Bertz CT molecular complexity index is 1680. The second-order valence-electron chi connectivity index (χ2n) is 11.5. The lowest BCUT2D eigenvalue weighted by Crippen LogP contribution is -2.55. The van der Waals surface area contributed by atoms with Crippen molar-refractivity contribution in [1.82, 2.24) is 20.9 Å². The second kappa shape index (κ2) is 15.2. The zero-order valence-corrected chi connectivity index (χ0v) is 25.9. The molecule has 1 heterocycles. The number of nitrogens with zero attached hydrogens (tertiary/aromatic N) is 2. The molecule has 0 saturated carbocycles. The fourth-order valence-corrected chi connectivity index (χ4v) is 5.86. The lowest BCUT2D eigenvalue weighted by molar-refractivity contribution is -0.133. The van der Waals surface area contributed by atoms with E-state index in [-0.39, 0.29) is 36.3 Å². The van der Waals surface area contributed by atoms with Crippen LogP contribution in [0.1, 0.15) is 52.1 Å². The van der Waals surface area contributed by atoms with E-state index in [4.69, 9.17) is 11.5 Å². The molecular weight excluding hydrogens is 578 g/mol. The highest BCUT2D eigenvalue weighted by Crippen LogP contribution is 2.21. The lowest BCUT2D eigenvalue weighted by Gasteiger charge is -2.31. The maximum atomic E-state index is 14.2.